The van der Waals surface area contributed by atoms with Crippen molar-refractivity contribution in [1.82, 2.24) is 0 Å². The van der Waals surface area contributed by atoms with Gasteiger partial charge in [0.1, 0.15) is 0 Å². The molecule has 8 aromatic rings. The highest BCUT2D eigenvalue weighted by Gasteiger charge is 2.23. The number of thiophene rings is 6. The second-order valence-corrected chi connectivity index (χ2v) is 25.1. The number of hydrogen-bond donors (Lipinski definition) is 0. The lowest BCUT2D eigenvalue weighted by atomic mass is 9.93. The Morgan fingerprint density at radius 1 is 0.266 bits per heavy atom. The highest BCUT2D eigenvalue weighted by Crippen LogP contribution is 2.50. The Morgan fingerprint density at radius 3 is 0.844 bits per heavy atom. The van der Waals surface area contributed by atoms with E-state index in [1.165, 1.54) is 205 Å². The van der Waals surface area contributed by atoms with Crippen molar-refractivity contribution in [3.63, 3.8) is 0 Å². The van der Waals surface area contributed by atoms with E-state index in [4.69, 9.17) is 0 Å². The van der Waals surface area contributed by atoms with Gasteiger partial charge in [-0.05, 0) is 148 Å². The molecule has 0 N–H and O–H groups in total. The van der Waals surface area contributed by atoms with E-state index in [-0.39, 0.29) is 0 Å². The Bertz CT molecular complexity index is 2530. The fourth-order valence-electron chi connectivity index (χ4n) is 9.97. The maximum absolute atomic E-state index is 2.60. The Hall–Kier alpha value is -2.32. The summed E-state index contributed by atoms with van der Waals surface area (Å²) in [6, 6.07) is 20.1. The summed E-state index contributed by atoms with van der Waals surface area (Å²) in [6.07, 6.45) is 30.7. The fraction of sp³-hybridized carbons (Fsp3) is 0.517. The summed E-state index contributed by atoms with van der Waals surface area (Å²) in [5.74, 6) is 0. The molecule has 0 spiro atoms. The van der Waals surface area contributed by atoms with Crippen LogP contribution >= 0.6 is 68.0 Å². The highest BCUT2D eigenvalue weighted by molar-refractivity contribution is 7.31. The molecule has 0 radical (unpaired) electrons. The van der Waals surface area contributed by atoms with E-state index >= 15 is 0 Å². The number of benzene rings is 2. The summed E-state index contributed by atoms with van der Waals surface area (Å²) in [6.45, 7) is 14.1. The number of rotatable bonds is 27. The Balaban J connectivity index is 1.15. The van der Waals surface area contributed by atoms with Crippen LogP contribution in [-0.2, 0) is 38.5 Å². The molecule has 0 nitrogen and oxygen atoms in total. The van der Waals surface area contributed by atoms with Crippen molar-refractivity contribution in [1.29, 1.82) is 0 Å². The molecule has 6 heterocycles. The van der Waals surface area contributed by atoms with Gasteiger partial charge in [0, 0.05) is 79.4 Å². The van der Waals surface area contributed by atoms with Crippen LogP contribution in [0.1, 0.15) is 189 Å². The lowest BCUT2D eigenvalue weighted by Gasteiger charge is -2.13. The SMILES string of the molecule is CCCCCc1cc2c(s1)c(CCCCC)c(CCCCC)c1sc(-c3ccc(-c4ccc(-c5cc6c(s5)c(CCCCC)c(CCCCC)c5sc(CCCCC)cc56)s4)s3)cc12. The van der Waals surface area contributed by atoms with Gasteiger partial charge in [-0.3, -0.25) is 0 Å². The first-order valence-electron chi connectivity index (χ1n) is 25.7. The third-order valence-corrected chi connectivity index (χ3v) is 21.2. The molecule has 0 fully saturated rings. The number of hydrogen-bond acceptors (Lipinski definition) is 6. The molecule has 64 heavy (non-hydrogen) atoms. The van der Waals surface area contributed by atoms with E-state index < -0.39 is 0 Å². The molecule has 342 valence electrons. The van der Waals surface area contributed by atoms with Crippen molar-refractivity contribution >= 4 is 108 Å². The van der Waals surface area contributed by atoms with Gasteiger partial charge in [-0.25, -0.2) is 0 Å². The average molecular weight is 964 g/mol. The van der Waals surface area contributed by atoms with Crippen molar-refractivity contribution in [2.75, 3.05) is 0 Å². The van der Waals surface area contributed by atoms with E-state index in [0.717, 1.165) is 0 Å². The molecule has 0 saturated heterocycles. The summed E-state index contributed by atoms with van der Waals surface area (Å²) in [5.41, 5.74) is 6.75. The average Bonchev–Trinajstić information content (AvgIpc) is 4.15. The molecule has 0 unspecified atom stereocenters. The normalized spacial score (nSPS) is 12.2. The maximum atomic E-state index is 2.60. The quantitative estimate of drug-likeness (QED) is 0.0451. The van der Waals surface area contributed by atoms with Gasteiger partial charge in [-0.15, -0.1) is 68.0 Å². The highest BCUT2D eigenvalue weighted by atomic mass is 32.1. The summed E-state index contributed by atoms with van der Waals surface area (Å²) < 4.78 is 6.38. The van der Waals surface area contributed by atoms with Gasteiger partial charge in [0.25, 0.3) is 0 Å². The Kier molecular flexibility index (Phi) is 17.8. The summed E-state index contributed by atoms with van der Waals surface area (Å²) in [5, 5.41) is 6.12. The largest absolute Gasteiger partial charge is 0.140 e. The second kappa shape index (κ2) is 23.6. The first-order chi connectivity index (χ1) is 31.5. The van der Waals surface area contributed by atoms with Crippen molar-refractivity contribution in [3.8, 4) is 29.3 Å². The predicted octanol–water partition coefficient (Wildman–Crippen LogP) is 22.1. The zero-order chi connectivity index (χ0) is 44.4. The molecule has 0 aliphatic rings. The van der Waals surface area contributed by atoms with Crippen LogP contribution in [0.5, 0.6) is 0 Å². The van der Waals surface area contributed by atoms with Gasteiger partial charge < -0.3 is 0 Å². The van der Waals surface area contributed by atoms with Crippen LogP contribution in [0, 0.1) is 0 Å². The van der Waals surface area contributed by atoms with Crippen LogP contribution in [0.2, 0.25) is 0 Å². The Morgan fingerprint density at radius 2 is 0.531 bits per heavy atom. The zero-order valence-electron chi connectivity index (χ0n) is 40.0. The van der Waals surface area contributed by atoms with Crippen molar-refractivity contribution in [3.05, 3.63) is 80.5 Å². The Labute approximate surface area is 410 Å². The first kappa shape index (κ1) is 48.1. The van der Waals surface area contributed by atoms with E-state index in [1.54, 1.807) is 50.8 Å². The molecule has 0 aliphatic carbocycles. The summed E-state index contributed by atoms with van der Waals surface area (Å²) >= 11 is 12.5. The molecule has 0 aliphatic heterocycles. The van der Waals surface area contributed by atoms with Crippen LogP contribution in [-0.4, -0.2) is 0 Å². The lowest BCUT2D eigenvalue weighted by molar-refractivity contribution is 0.699. The molecular weight excluding hydrogens is 889 g/mol. The topological polar surface area (TPSA) is 0 Å². The monoisotopic (exact) mass is 962 g/mol. The van der Waals surface area contributed by atoms with E-state index in [0.29, 0.717) is 0 Å². The van der Waals surface area contributed by atoms with E-state index in [2.05, 4.69) is 135 Å². The molecule has 2 aromatic carbocycles. The van der Waals surface area contributed by atoms with Crippen molar-refractivity contribution in [2.45, 2.75) is 196 Å². The molecule has 8 rings (SSSR count). The van der Waals surface area contributed by atoms with Gasteiger partial charge >= 0.3 is 0 Å². The van der Waals surface area contributed by atoms with Gasteiger partial charge in [0.15, 0.2) is 0 Å². The van der Waals surface area contributed by atoms with Gasteiger partial charge in [-0.1, -0.05) is 119 Å². The minimum atomic E-state index is 1.22. The molecule has 0 amide bonds. The first-order valence-corrected chi connectivity index (χ1v) is 30.6. The molecular formula is C58H74S6. The van der Waals surface area contributed by atoms with Gasteiger partial charge in [0.05, 0.1) is 0 Å². The van der Waals surface area contributed by atoms with Gasteiger partial charge in [0.2, 0.25) is 0 Å². The number of fused-ring (bicyclic) bond motifs is 6. The van der Waals surface area contributed by atoms with Crippen LogP contribution in [0.3, 0.4) is 0 Å². The maximum Gasteiger partial charge on any atom is 0.0455 e. The van der Waals surface area contributed by atoms with E-state index in [9.17, 15) is 0 Å². The minimum Gasteiger partial charge on any atom is -0.140 e. The minimum absolute atomic E-state index is 1.22. The smallest absolute Gasteiger partial charge is 0.0455 e. The number of unbranched alkanes of at least 4 members (excludes halogenated alkanes) is 12. The van der Waals surface area contributed by atoms with Crippen molar-refractivity contribution < 1.29 is 0 Å². The second-order valence-electron chi connectivity index (χ2n) is 18.6. The molecule has 0 bridgehead atoms. The fourth-order valence-corrected chi connectivity index (χ4v) is 17.4. The third-order valence-electron chi connectivity index (χ3n) is 13.6. The summed E-state index contributed by atoms with van der Waals surface area (Å²) in [4.78, 5) is 11.8. The third kappa shape index (κ3) is 10.8. The zero-order valence-corrected chi connectivity index (χ0v) is 44.9. The van der Waals surface area contributed by atoms with E-state index in [1.807, 2.05) is 22.7 Å². The van der Waals surface area contributed by atoms with Crippen LogP contribution in [0.15, 0.2) is 48.5 Å². The van der Waals surface area contributed by atoms with Crippen molar-refractivity contribution in [2.24, 2.45) is 0 Å². The predicted molar refractivity (Wildman–Crippen MR) is 299 cm³/mol. The van der Waals surface area contributed by atoms with Crippen LogP contribution < -0.4 is 0 Å². The molecule has 0 atom stereocenters. The van der Waals surface area contributed by atoms with Crippen LogP contribution in [0.4, 0.5) is 0 Å². The lowest BCUT2D eigenvalue weighted by Crippen LogP contribution is -1.97. The number of aryl methyl sites for hydroxylation is 6. The van der Waals surface area contributed by atoms with Crippen LogP contribution in [0.25, 0.3) is 69.6 Å². The standard InChI is InChI=1S/C58H74S6/c1-7-13-19-25-39-35-45-47-37-53(63-57(47)43(29-23-17-11-5)41(55(45)59-39)27-21-15-9-3)51-33-31-49(61-51)50-32-34-52(62-50)54-38-48-46-36-40(26-20-14-8-2)60-56(46)42(28-22-16-10-4)44(58(48)64-54)30-24-18-12-6/h31-38H,7-30H2,1-6H3. The molecule has 6 heteroatoms. The molecule has 0 saturated carbocycles. The van der Waals surface area contributed by atoms with Gasteiger partial charge in [-0.2, -0.15) is 0 Å². The molecule has 6 aromatic heterocycles. The summed E-state index contributed by atoms with van der Waals surface area (Å²) in [7, 11) is 0.